The Labute approximate surface area is 40.6 Å². The molecule has 0 aliphatic carbocycles. The van der Waals surface area contributed by atoms with Crippen LogP contribution < -0.4 is 0 Å². The van der Waals surface area contributed by atoms with Crippen molar-refractivity contribution in [3.05, 3.63) is 0 Å². The van der Waals surface area contributed by atoms with Gasteiger partial charge in [0.2, 0.25) is 0 Å². The zero-order valence-electron chi connectivity index (χ0n) is 3.38. The molecule has 2 nitrogen and oxygen atoms in total. The Morgan fingerprint density at radius 1 is 2.00 bits per heavy atom. The predicted octanol–water partition coefficient (Wildman–Crippen LogP) is 1.01. The summed E-state index contributed by atoms with van der Waals surface area (Å²) >= 11 is 0. The third kappa shape index (κ3) is 4.41. The second kappa shape index (κ2) is 3.59. The van der Waals surface area contributed by atoms with Gasteiger partial charge in [-0.2, -0.15) is 0 Å². The summed E-state index contributed by atoms with van der Waals surface area (Å²) in [6.45, 7) is 2.21. The van der Waals surface area contributed by atoms with Crippen molar-refractivity contribution in [1.82, 2.24) is 0 Å². The van der Waals surface area contributed by atoms with E-state index in [9.17, 15) is 4.21 Å². The zero-order valence-corrected chi connectivity index (χ0v) is 5.09. The molecule has 0 radical (unpaired) electrons. The minimum atomic E-state index is -1.37. The second-order valence-electron chi connectivity index (χ2n) is 0.624. The van der Waals surface area contributed by atoms with Crippen molar-refractivity contribution in [2.24, 2.45) is 0 Å². The molecule has 0 N–H and O–H groups in total. The Kier molecular flexibility index (Phi) is 3.84. The molecule has 0 aromatic rings. The van der Waals surface area contributed by atoms with E-state index in [2.05, 4.69) is 12.0 Å². The monoisotopic (exact) mass is 124 g/mol. The summed E-state index contributed by atoms with van der Waals surface area (Å²) in [6.07, 6.45) is 0. The molecule has 0 unspecified atom stereocenters. The molecule has 0 saturated heterocycles. The van der Waals surface area contributed by atoms with Crippen molar-refractivity contribution in [2.45, 2.75) is 6.92 Å². The van der Waals surface area contributed by atoms with E-state index in [1.54, 1.807) is 6.92 Å². The van der Waals surface area contributed by atoms with E-state index in [0.717, 1.165) is 0 Å². The fraction of sp³-hybridized carbons (Fsp3) is 1.00. The van der Waals surface area contributed by atoms with E-state index in [0.29, 0.717) is 6.61 Å². The van der Waals surface area contributed by atoms with Crippen LogP contribution in [0.25, 0.3) is 0 Å². The van der Waals surface area contributed by atoms with Gasteiger partial charge in [-0.15, -0.1) is 0 Å². The summed E-state index contributed by atoms with van der Waals surface area (Å²) in [7, 11) is 2.06. The van der Waals surface area contributed by atoms with E-state index >= 15 is 0 Å². The summed E-state index contributed by atoms with van der Waals surface area (Å²) in [5.41, 5.74) is 0. The standard InChI is InChI=1S/C2H5O2PS/c1-2-4-6(3)5/h2H2,1H3. The van der Waals surface area contributed by atoms with Crippen LogP contribution in [0.2, 0.25) is 0 Å². The maximum atomic E-state index is 9.80. The summed E-state index contributed by atoms with van der Waals surface area (Å²) in [5, 5.41) is 0. The van der Waals surface area contributed by atoms with Crippen LogP contribution >= 0.6 is 7.81 Å². The molecule has 0 aliphatic rings. The van der Waals surface area contributed by atoms with Crippen molar-refractivity contribution in [1.29, 1.82) is 0 Å². The van der Waals surface area contributed by atoms with Crippen LogP contribution in [0.3, 0.4) is 0 Å². The average molecular weight is 124 g/mol. The van der Waals surface area contributed by atoms with Crippen LogP contribution in [0, 0.1) is 0 Å². The second-order valence-corrected chi connectivity index (χ2v) is 2.19. The van der Waals surface area contributed by atoms with Crippen LogP contribution in [-0.2, 0) is 14.2 Å². The molecular weight excluding hydrogens is 119 g/mol. The van der Waals surface area contributed by atoms with Gasteiger partial charge in [0, 0.05) is 0 Å². The van der Waals surface area contributed by atoms with Gasteiger partial charge in [-0.3, -0.25) is 0 Å². The first-order valence-electron chi connectivity index (χ1n) is 1.51. The van der Waals surface area contributed by atoms with Crippen LogP contribution in [0.15, 0.2) is 0 Å². The normalized spacial score (nSPS) is 8.00. The fourth-order valence-electron chi connectivity index (χ4n) is 0.101. The fourth-order valence-corrected chi connectivity index (χ4v) is 0.619. The molecule has 0 saturated carbocycles. The first-order chi connectivity index (χ1) is 2.77. The van der Waals surface area contributed by atoms with Crippen LogP contribution in [0.1, 0.15) is 6.92 Å². The quantitative estimate of drug-likeness (QED) is 0.487. The molecular formula is C2H5O2PS. The molecule has 0 atom stereocenters. The van der Waals surface area contributed by atoms with Gasteiger partial charge in [-0.1, -0.05) is 0 Å². The van der Waals surface area contributed by atoms with Gasteiger partial charge in [0.05, 0.1) is 0 Å². The minimum absolute atomic E-state index is 0.454. The number of hydrogen-bond donors (Lipinski definition) is 0. The number of rotatable bonds is 1. The molecule has 0 spiro atoms. The topological polar surface area (TPSA) is 26.3 Å². The molecule has 0 amide bonds. The van der Waals surface area contributed by atoms with Crippen LogP contribution in [0.4, 0.5) is 0 Å². The Morgan fingerprint density at radius 3 is 2.50 bits per heavy atom. The third-order valence-corrected chi connectivity index (χ3v) is 0.972. The molecule has 0 aromatic heterocycles. The first-order valence-corrected chi connectivity index (χ1v) is 3.64. The molecule has 0 aromatic carbocycles. The Morgan fingerprint density at radius 2 is 2.50 bits per heavy atom. The Hall–Kier alpha value is 0.410. The van der Waals surface area contributed by atoms with Gasteiger partial charge < -0.3 is 0 Å². The Balaban J connectivity index is 3.16. The SMILES string of the molecule is CCOS(=O)#P. The van der Waals surface area contributed by atoms with E-state index in [-0.39, 0.29) is 0 Å². The van der Waals surface area contributed by atoms with Gasteiger partial charge in [-0.25, -0.2) is 0 Å². The van der Waals surface area contributed by atoms with Crippen molar-refractivity contribution < 1.29 is 8.39 Å². The van der Waals surface area contributed by atoms with Gasteiger partial charge in [-0.05, 0) is 0 Å². The van der Waals surface area contributed by atoms with E-state index in [1.165, 1.54) is 0 Å². The van der Waals surface area contributed by atoms with Crippen molar-refractivity contribution in [3.63, 3.8) is 0 Å². The van der Waals surface area contributed by atoms with Gasteiger partial charge in [0.1, 0.15) is 0 Å². The summed E-state index contributed by atoms with van der Waals surface area (Å²) in [4.78, 5) is 0. The van der Waals surface area contributed by atoms with Crippen LogP contribution in [0.5, 0.6) is 0 Å². The third-order valence-electron chi connectivity index (χ3n) is 0.219. The van der Waals surface area contributed by atoms with E-state index in [1.807, 2.05) is 0 Å². The molecule has 36 valence electrons. The van der Waals surface area contributed by atoms with Gasteiger partial charge >= 0.3 is 39.8 Å². The maximum absolute atomic E-state index is 9.80. The van der Waals surface area contributed by atoms with Crippen molar-refractivity contribution in [2.75, 3.05) is 6.61 Å². The molecule has 0 heterocycles. The zero-order chi connectivity index (χ0) is 4.99. The summed E-state index contributed by atoms with van der Waals surface area (Å²) in [5.74, 6) is 0. The van der Waals surface area contributed by atoms with Gasteiger partial charge in [0.25, 0.3) is 0 Å². The molecule has 0 aliphatic heterocycles. The van der Waals surface area contributed by atoms with Crippen molar-refractivity contribution >= 4 is 17.9 Å². The van der Waals surface area contributed by atoms with Crippen LogP contribution in [-0.4, -0.2) is 10.8 Å². The molecule has 0 bridgehead atoms. The van der Waals surface area contributed by atoms with E-state index < -0.39 is 10.1 Å². The molecule has 6 heavy (non-hydrogen) atoms. The first kappa shape index (κ1) is 6.41. The molecule has 4 heteroatoms. The molecule has 0 fully saturated rings. The summed E-state index contributed by atoms with van der Waals surface area (Å²) in [6, 6.07) is 0. The molecule has 0 rings (SSSR count). The number of hydrogen-bond acceptors (Lipinski definition) is 2. The Bertz CT molecular complexity index is 123. The average Bonchev–Trinajstić information content (AvgIpc) is 1.35. The van der Waals surface area contributed by atoms with Crippen molar-refractivity contribution in [3.8, 4) is 0 Å². The van der Waals surface area contributed by atoms with Gasteiger partial charge in [0.15, 0.2) is 0 Å². The van der Waals surface area contributed by atoms with E-state index in [4.69, 9.17) is 0 Å². The predicted molar refractivity (Wildman–Crippen MR) is 26.7 cm³/mol. The summed E-state index contributed by atoms with van der Waals surface area (Å²) < 4.78 is 14.2.